The second-order valence-electron chi connectivity index (χ2n) is 7.38. The van der Waals surface area contributed by atoms with E-state index in [1.807, 2.05) is 18.2 Å². The molecular weight excluding hydrogens is 373 g/mol. The van der Waals surface area contributed by atoms with E-state index >= 15 is 0 Å². The van der Waals surface area contributed by atoms with Crippen LogP contribution in [0.3, 0.4) is 0 Å². The van der Waals surface area contributed by atoms with E-state index in [4.69, 9.17) is 9.47 Å². The summed E-state index contributed by atoms with van der Waals surface area (Å²) in [7, 11) is 3.18. The molecule has 2 aromatic rings. The maximum atomic E-state index is 13.3. The fourth-order valence-electron chi connectivity index (χ4n) is 4.32. The number of hydrogen-bond acceptors (Lipinski definition) is 4. The topological polar surface area (TPSA) is 64.6 Å². The third kappa shape index (κ3) is 3.62. The van der Waals surface area contributed by atoms with Gasteiger partial charge in [0.1, 0.15) is 17.3 Å². The number of rotatable bonds is 4. The van der Waals surface area contributed by atoms with Crippen molar-refractivity contribution >= 4 is 11.7 Å². The number of allylic oxidation sites excluding steroid dienone is 2. The molecule has 0 bridgehead atoms. The van der Waals surface area contributed by atoms with E-state index in [9.17, 15) is 14.0 Å². The van der Waals surface area contributed by atoms with Crippen LogP contribution in [0.5, 0.6) is 11.5 Å². The maximum absolute atomic E-state index is 13.3. The van der Waals surface area contributed by atoms with E-state index in [-0.39, 0.29) is 35.8 Å². The van der Waals surface area contributed by atoms with E-state index in [0.29, 0.717) is 35.6 Å². The van der Waals surface area contributed by atoms with Gasteiger partial charge in [0.2, 0.25) is 5.91 Å². The van der Waals surface area contributed by atoms with Crippen LogP contribution in [0.1, 0.15) is 42.2 Å². The van der Waals surface area contributed by atoms with Gasteiger partial charge in [-0.1, -0.05) is 12.1 Å². The second kappa shape index (κ2) is 7.70. The number of Topliss-reactive ketones (excluding diaryl/α,β-unsaturated/α-hetero) is 1. The predicted molar refractivity (Wildman–Crippen MR) is 105 cm³/mol. The van der Waals surface area contributed by atoms with Gasteiger partial charge >= 0.3 is 0 Å². The van der Waals surface area contributed by atoms with Gasteiger partial charge in [-0.15, -0.1) is 0 Å². The van der Waals surface area contributed by atoms with Crippen LogP contribution in [0.15, 0.2) is 53.7 Å². The Morgan fingerprint density at radius 3 is 2.41 bits per heavy atom. The Balaban J connectivity index is 1.72. The summed E-state index contributed by atoms with van der Waals surface area (Å²) in [5.41, 5.74) is 2.94. The lowest BCUT2D eigenvalue weighted by molar-refractivity contribution is -0.122. The quantitative estimate of drug-likeness (QED) is 0.854. The Bertz CT molecular complexity index is 996. The number of hydrogen-bond donors (Lipinski definition) is 1. The lowest BCUT2D eigenvalue weighted by Gasteiger charge is -2.34. The summed E-state index contributed by atoms with van der Waals surface area (Å²) in [4.78, 5) is 25.5. The smallest absolute Gasteiger partial charge is 0.225 e. The van der Waals surface area contributed by atoms with Crippen LogP contribution in [0.4, 0.5) is 4.39 Å². The maximum Gasteiger partial charge on any atom is 0.225 e. The number of amides is 1. The van der Waals surface area contributed by atoms with Crippen molar-refractivity contribution in [2.75, 3.05) is 14.2 Å². The highest BCUT2D eigenvalue weighted by Crippen LogP contribution is 2.45. The van der Waals surface area contributed by atoms with Crippen LogP contribution in [-0.2, 0) is 9.59 Å². The largest absolute Gasteiger partial charge is 0.497 e. The SMILES string of the molecule is COc1ccc(OC)c([C@@H]2CC(=O)C3=C(C2)NC(=O)C[C@@H]3c2ccc(F)cc2)c1. The van der Waals surface area contributed by atoms with Gasteiger partial charge in [-0.2, -0.15) is 0 Å². The molecule has 6 heteroatoms. The molecule has 0 spiro atoms. The second-order valence-corrected chi connectivity index (χ2v) is 7.38. The zero-order chi connectivity index (χ0) is 20.5. The molecule has 2 atom stereocenters. The molecular formula is C23H22FNO4. The third-order valence-corrected chi connectivity index (χ3v) is 5.69. The highest BCUT2D eigenvalue weighted by molar-refractivity contribution is 6.02. The van der Waals surface area contributed by atoms with Gasteiger partial charge in [0.25, 0.3) is 0 Å². The summed E-state index contributed by atoms with van der Waals surface area (Å²) in [6.45, 7) is 0. The number of benzene rings is 2. The fraction of sp³-hybridized carbons (Fsp3) is 0.304. The molecule has 5 nitrogen and oxygen atoms in total. The molecule has 0 saturated heterocycles. The molecule has 4 rings (SSSR count). The van der Waals surface area contributed by atoms with Gasteiger partial charge in [-0.3, -0.25) is 9.59 Å². The first-order chi connectivity index (χ1) is 14.0. The lowest BCUT2D eigenvalue weighted by atomic mass is 9.73. The summed E-state index contributed by atoms with van der Waals surface area (Å²) in [6, 6.07) is 11.5. The van der Waals surface area contributed by atoms with Crippen LogP contribution in [0.2, 0.25) is 0 Å². The number of methoxy groups -OCH3 is 2. The Morgan fingerprint density at radius 2 is 1.72 bits per heavy atom. The summed E-state index contributed by atoms with van der Waals surface area (Å²) in [6.07, 6.45) is 1.02. The highest BCUT2D eigenvalue weighted by atomic mass is 19.1. The Hall–Kier alpha value is -3.15. The van der Waals surface area contributed by atoms with Crippen LogP contribution in [0.25, 0.3) is 0 Å². The van der Waals surface area contributed by atoms with Crippen LogP contribution < -0.4 is 14.8 Å². The molecule has 2 aliphatic rings. The van der Waals surface area contributed by atoms with Crippen LogP contribution in [0, 0.1) is 5.82 Å². The monoisotopic (exact) mass is 395 g/mol. The molecule has 0 aromatic heterocycles. The summed E-state index contributed by atoms with van der Waals surface area (Å²) in [5.74, 6) is 0.413. The van der Waals surface area contributed by atoms with Gasteiger partial charge in [0, 0.05) is 41.5 Å². The van der Waals surface area contributed by atoms with E-state index in [1.165, 1.54) is 12.1 Å². The van der Waals surface area contributed by atoms with Gasteiger partial charge in [0.15, 0.2) is 5.78 Å². The number of ketones is 1. The molecule has 0 fully saturated rings. The van der Waals surface area contributed by atoms with Crippen molar-refractivity contribution in [2.24, 2.45) is 0 Å². The lowest BCUT2D eigenvalue weighted by Crippen LogP contribution is -2.38. The molecule has 1 aliphatic carbocycles. The summed E-state index contributed by atoms with van der Waals surface area (Å²) < 4.78 is 24.1. The van der Waals surface area contributed by atoms with Crippen molar-refractivity contribution in [3.63, 3.8) is 0 Å². The van der Waals surface area contributed by atoms with E-state index < -0.39 is 0 Å². The van der Waals surface area contributed by atoms with Crippen molar-refractivity contribution in [2.45, 2.75) is 31.1 Å². The normalized spacial score (nSPS) is 21.5. The van der Waals surface area contributed by atoms with Crippen molar-refractivity contribution in [1.82, 2.24) is 5.32 Å². The zero-order valence-corrected chi connectivity index (χ0v) is 16.3. The van der Waals surface area contributed by atoms with Crippen LogP contribution in [-0.4, -0.2) is 25.9 Å². The third-order valence-electron chi connectivity index (χ3n) is 5.69. The standard InChI is InChI=1S/C23H22FNO4/c1-28-16-7-8-21(29-2)17(11-16)14-9-19-23(20(26)10-14)18(12-22(27)25-19)13-3-5-15(24)6-4-13/h3-8,11,14,18H,9-10,12H2,1-2H3,(H,25,27)/t14-,18+/m0/s1. The van der Waals surface area contributed by atoms with Crippen molar-refractivity contribution in [3.05, 3.63) is 70.7 Å². The van der Waals surface area contributed by atoms with Gasteiger partial charge < -0.3 is 14.8 Å². The Morgan fingerprint density at radius 1 is 0.966 bits per heavy atom. The summed E-state index contributed by atoms with van der Waals surface area (Å²) in [5, 5.41) is 2.90. The van der Waals surface area contributed by atoms with Crippen molar-refractivity contribution in [1.29, 1.82) is 0 Å². The summed E-state index contributed by atoms with van der Waals surface area (Å²) >= 11 is 0. The van der Waals surface area contributed by atoms with Crippen LogP contribution >= 0.6 is 0 Å². The Kier molecular flexibility index (Phi) is 5.09. The number of ether oxygens (including phenoxy) is 2. The molecule has 0 saturated carbocycles. The molecule has 0 radical (unpaired) electrons. The first kappa shape index (κ1) is 19.2. The van der Waals surface area contributed by atoms with E-state index in [0.717, 1.165) is 11.1 Å². The number of carbonyl (C=O) groups is 2. The number of halogens is 1. The minimum absolute atomic E-state index is 0.00421. The van der Waals surface area contributed by atoms with Gasteiger partial charge in [-0.25, -0.2) is 4.39 Å². The Labute approximate surface area is 168 Å². The van der Waals surface area contributed by atoms with E-state index in [1.54, 1.807) is 26.4 Å². The van der Waals surface area contributed by atoms with Crippen molar-refractivity contribution in [3.8, 4) is 11.5 Å². The average molecular weight is 395 g/mol. The molecule has 1 heterocycles. The molecule has 0 unspecified atom stereocenters. The molecule has 2 aromatic carbocycles. The molecule has 1 amide bonds. The molecule has 1 aliphatic heterocycles. The minimum atomic E-state index is -0.347. The molecule has 1 N–H and O–H groups in total. The highest BCUT2D eigenvalue weighted by Gasteiger charge is 2.38. The van der Waals surface area contributed by atoms with Crippen molar-refractivity contribution < 1.29 is 23.5 Å². The first-order valence-corrected chi connectivity index (χ1v) is 9.53. The number of nitrogens with one attached hydrogen (secondary N) is 1. The molecule has 150 valence electrons. The first-order valence-electron chi connectivity index (χ1n) is 9.53. The van der Waals surface area contributed by atoms with E-state index in [2.05, 4.69) is 5.32 Å². The number of carbonyl (C=O) groups excluding carboxylic acids is 2. The van der Waals surface area contributed by atoms with Gasteiger partial charge in [0.05, 0.1) is 14.2 Å². The average Bonchev–Trinajstić information content (AvgIpc) is 2.72. The van der Waals surface area contributed by atoms with Gasteiger partial charge in [-0.05, 0) is 42.3 Å². The predicted octanol–water partition coefficient (Wildman–Crippen LogP) is 3.85. The fourth-order valence-corrected chi connectivity index (χ4v) is 4.32. The molecule has 29 heavy (non-hydrogen) atoms. The zero-order valence-electron chi connectivity index (χ0n) is 16.3. The minimum Gasteiger partial charge on any atom is -0.497 e.